The summed E-state index contributed by atoms with van der Waals surface area (Å²) in [6, 6.07) is 0. The highest BCUT2D eigenvalue weighted by atomic mass is 16.5. The number of hydrogen-bond acceptors (Lipinski definition) is 4. The van der Waals surface area contributed by atoms with Crippen LogP contribution in [0.3, 0.4) is 0 Å². The van der Waals surface area contributed by atoms with E-state index in [9.17, 15) is 15.0 Å². The minimum Gasteiger partial charge on any atom is -0.459 e. The number of carbonyl (C=O) groups excluding carboxylic acids is 1. The van der Waals surface area contributed by atoms with Crippen molar-refractivity contribution in [1.82, 2.24) is 0 Å². The molecule has 0 saturated heterocycles. The Morgan fingerprint density at radius 2 is 1.65 bits per heavy atom. The van der Waals surface area contributed by atoms with Gasteiger partial charge < -0.3 is 14.9 Å². The molecular weight excluding hydrogens is 256 g/mol. The summed E-state index contributed by atoms with van der Waals surface area (Å²) in [6.07, 6.45) is 7.39. The normalized spacial score (nSPS) is 22.4. The average Bonchev–Trinajstić information content (AvgIpc) is 3.07. The maximum Gasteiger partial charge on any atom is 0.333 e. The third kappa shape index (κ3) is 4.06. The van der Waals surface area contributed by atoms with Crippen molar-refractivity contribution in [3.63, 3.8) is 0 Å². The van der Waals surface area contributed by atoms with Crippen LogP contribution in [0.4, 0.5) is 0 Å². The Labute approximate surface area is 120 Å². The van der Waals surface area contributed by atoms with Gasteiger partial charge in [-0.2, -0.15) is 0 Å². The molecule has 4 heteroatoms. The van der Waals surface area contributed by atoms with Crippen LogP contribution in [0.5, 0.6) is 0 Å². The lowest BCUT2D eigenvalue weighted by atomic mass is 9.90. The zero-order valence-electron chi connectivity index (χ0n) is 12.3. The molecule has 114 valence electrons. The van der Waals surface area contributed by atoms with Crippen molar-refractivity contribution >= 4 is 5.97 Å². The van der Waals surface area contributed by atoms with Crippen LogP contribution in [0.15, 0.2) is 11.1 Å². The van der Waals surface area contributed by atoms with E-state index in [2.05, 4.69) is 0 Å². The number of ether oxygens (including phenoxy) is 1. The number of hydrogen-bond donors (Lipinski definition) is 2. The van der Waals surface area contributed by atoms with Crippen LogP contribution in [0, 0.1) is 5.92 Å². The lowest BCUT2D eigenvalue weighted by Gasteiger charge is -2.20. The second-order valence-electron chi connectivity index (χ2n) is 6.13. The summed E-state index contributed by atoms with van der Waals surface area (Å²) in [5.74, 6) is 0.0485. The van der Waals surface area contributed by atoms with E-state index in [1.165, 1.54) is 0 Å². The summed E-state index contributed by atoms with van der Waals surface area (Å²) in [7, 11) is 0. The van der Waals surface area contributed by atoms with Crippen LogP contribution in [0.1, 0.15) is 64.7 Å². The third-order valence-electron chi connectivity index (χ3n) is 4.61. The lowest BCUT2D eigenvalue weighted by molar-refractivity contribution is -0.144. The Hall–Kier alpha value is -0.870. The van der Waals surface area contributed by atoms with Gasteiger partial charge in [0.2, 0.25) is 0 Å². The molecule has 0 spiro atoms. The fraction of sp³-hybridized carbons (Fsp3) is 0.812. The molecule has 0 bridgehead atoms. The first-order valence-corrected chi connectivity index (χ1v) is 7.84. The fourth-order valence-corrected chi connectivity index (χ4v) is 3.47. The molecule has 0 atom stereocenters. The highest BCUT2D eigenvalue weighted by Crippen LogP contribution is 2.35. The van der Waals surface area contributed by atoms with Gasteiger partial charge in [0.15, 0.2) is 6.29 Å². The molecule has 2 aliphatic rings. The van der Waals surface area contributed by atoms with Gasteiger partial charge in [0, 0.05) is 12.0 Å². The summed E-state index contributed by atoms with van der Waals surface area (Å²) >= 11 is 0. The minimum atomic E-state index is -1.39. The number of esters is 1. The fourth-order valence-electron chi connectivity index (χ4n) is 3.47. The summed E-state index contributed by atoms with van der Waals surface area (Å²) in [4.78, 5) is 12.2. The zero-order chi connectivity index (χ0) is 14.5. The van der Waals surface area contributed by atoms with Crippen molar-refractivity contribution in [3.05, 3.63) is 11.1 Å². The van der Waals surface area contributed by atoms with E-state index >= 15 is 0 Å². The first-order valence-electron chi connectivity index (χ1n) is 7.84. The highest BCUT2D eigenvalue weighted by Gasteiger charge is 2.27. The van der Waals surface area contributed by atoms with E-state index in [1.54, 1.807) is 6.92 Å². The van der Waals surface area contributed by atoms with Crippen molar-refractivity contribution in [2.75, 3.05) is 0 Å². The van der Waals surface area contributed by atoms with Gasteiger partial charge in [-0.25, -0.2) is 4.79 Å². The van der Waals surface area contributed by atoms with Crippen molar-refractivity contribution in [2.24, 2.45) is 5.92 Å². The molecule has 0 radical (unpaired) electrons. The largest absolute Gasteiger partial charge is 0.459 e. The second-order valence-corrected chi connectivity index (χ2v) is 6.13. The van der Waals surface area contributed by atoms with Crippen molar-refractivity contribution in [1.29, 1.82) is 0 Å². The van der Waals surface area contributed by atoms with Gasteiger partial charge in [-0.15, -0.1) is 0 Å². The maximum absolute atomic E-state index is 12.2. The number of carbonyl (C=O) groups is 1. The zero-order valence-corrected chi connectivity index (χ0v) is 12.3. The Morgan fingerprint density at radius 1 is 1.10 bits per heavy atom. The third-order valence-corrected chi connectivity index (χ3v) is 4.61. The lowest BCUT2D eigenvalue weighted by Crippen LogP contribution is -2.20. The van der Waals surface area contributed by atoms with Crippen molar-refractivity contribution in [3.8, 4) is 0 Å². The highest BCUT2D eigenvalue weighted by molar-refractivity contribution is 5.89. The Bertz CT molecular complexity index is 361. The van der Waals surface area contributed by atoms with Crippen LogP contribution < -0.4 is 0 Å². The van der Waals surface area contributed by atoms with Gasteiger partial charge in [0.25, 0.3) is 0 Å². The predicted molar refractivity (Wildman–Crippen MR) is 75.8 cm³/mol. The quantitative estimate of drug-likeness (QED) is 0.462. The molecule has 0 unspecified atom stereocenters. The molecule has 2 N–H and O–H groups in total. The van der Waals surface area contributed by atoms with Gasteiger partial charge in [-0.1, -0.05) is 18.4 Å². The topological polar surface area (TPSA) is 66.8 Å². The van der Waals surface area contributed by atoms with E-state index in [0.717, 1.165) is 56.9 Å². The van der Waals surface area contributed by atoms with E-state index in [4.69, 9.17) is 4.74 Å². The van der Waals surface area contributed by atoms with Gasteiger partial charge >= 0.3 is 5.97 Å². The van der Waals surface area contributed by atoms with Crippen LogP contribution in [-0.2, 0) is 9.53 Å². The van der Waals surface area contributed by atoms with Crippen molar-refractivity contribution in [2.45, 2.75) is 77.1 Å². The molecule has 0 aliphatic heterocycles. The number of aliphatic hydroxyl groups is 2. The Kier molecular flexibility index (Phi) is 5.61. The summed E-state index contributed by atoms with van der Waals surface area (Å²) in [5, 5.41) is 18.5. The number of rotatable bonds is 5. The molecule has 0 heterocycles. The molecule has 0 aromatic heterocycles. The molecule has 2 aliphatic carbocycles. The van der Waals surface area contributed by atoms with Crippen molar-refractivity contribution < 1.29 is 19.7 Å². The van der Waals surface area contributed by atoms with Crippen LogP contribution >= 0.6 is 0 Å². The standard InChI is InChI=1S/C16H26O4/c1-11(16(19)20-13-8-4-5-9-13)14(10-15(17)18)12-6-2-3-7-12/h12-13,15,17-18H,2-10H2,1H3. The SMILES string of the molecule is CC(C(=O)OC1CCCC1)=C(CC(O)O)C1CCCC1. The average molecular weight is 282 g/mol. The second kappa shape index (κ2) is 7.23. The molecular formula is C16H26O4. The Balaban J connectivity index is 2.07. The van der Waals surface area contributed by atoms with E-state index in [-0.39, 0.29) is 18.5 Å². The first kappa shape index (κ1) is 15.5. The smallest absolute Gasteiger partial charge is 0.333 e. The first-order chi connectivity index (χ1) is 9.58. The van der Waals surface area contributed by atoms with Crippen LogP contribution in [-0.4, -0.2) is 28.6 Å². The van der Waals surface area contributed by atoms with Gasteiger partial charge in [0.05, 0.1) is 0 Å². The molecule has 2 saturated carbocycles. The molecule has 2 fully saturated rings. The monoisotopic (exact) mass is 282 g/mol. The van der Waals surface area contributed by atoms with Crippen LogP contribution in [0.25, 0.3) is 0 Å². The predicted octanol–water partition coefficient (Wildman–Crippen LogP) is 2.68. The molecule has 2 rings (SSSR count). The minimum absolute atomic E-state index is 0.0568. The molecule has 0 aromatic carbocycles. The van der Waals surface area contributed by atoms with E-state index < -0.39 is 6.29 Å². The van der Waals surface area contributed by atoms with Gasteiger partial charge in [0.1, 0.15) is 6.10 Å². The van der Waals surface area contributed by atoms with E-state index in [1.807, 2.05) is 0 Å². The summed E-state index contributed by atoms with van der Waals surface area (Å²) < 4.78 is 5.54. The van der Waals surface area contributed by atoms with E-state index in [0.29, 0.717) is 11.5 Å². The van der Waals surface area contributed by atoms with Crippen LogP contribution in [0.2, 0.25) is 0 Å². The molecule has 4 nitrogen and oxygen atoms in total. The molecule has 0 aromatic rings. The maximum atomic E-state index is 12.2. The van der Waals surface area contributed by atoms with Gasteiger partial charge in [-0.05, 0) is 51.4 Å². The Morgan fingerprint density at radius 3 is 2.20 bits per heavy atom. The molecule has 0 amide bonds. The number of aliphatic hydroxyl groups excluding tert-OH is 1. The summed E-state index contributed by atoms with van der Waals surface area (Å²) in [5.41, 5.74) is 1.48. The molecule has 20 heavy (non-hydrogen) atoms. The van der Waals surface area contributed by atoms with Gasteiger partial charge in [-0.3, -0.25) is 0 Å². The summed E-state index contributed by atoms with van der Waals surface area (Å²) in [6.45, 7) is 1.77.